The normalized spacial score (nSPS) is 10.3. The Morgan fingerprint density at radius 1 is 1.41 bits per heavy atom. The van der Waals surface area contributed by atoms with Gasteiger partial charge in [0.2, 0.25) is 5.88 Å². The number of hydrogen-bond donors (Lipinski definition) is 1. The van der Waals surface area contributed by atoms with E-state index in [2.05, 4.69) is 20.9 Å². The van der Waals surface area contributed by atoms with Crippen molar-refractivity contribution in [3.8, 4) is 11.6 Å². The molecule has 0 unspecified atom stereocenters. The number of halogens is 2. The molecular formula is C12H10BrClN2O. The van der Waals surface area contributed by atoms with Gasteiger partial charge in [-0.2, -0.15) is 0 Å². The molecule has 88 valence electrons. The smallest absolute Gasteiger partial charge is 0.233 e. The Kier molecular flexibility index (Phi) is 3.54. The molecule has 2 aromatic rings. The van der Waals surface area contributed by atoms with Crippen LogP contribution in [-0.2, 0) is 0 Å². The number of aryl methyl sites for hydroxylation is 1. The van der Waals surface area contributed by atoms with Crippen molar-refractivity contribution < 1.29 is 4.74 Å². The topological polar surface area (TPSA) is 48.1 Å². The molecule has 0 spiro atoms. The average Bonchev–Trinajstić information content (AvgIpc) is 2.26. The fourth-order valence-electron chi connectivity index (χ4n) is 1.33. The summed E-state index contributed by atoms with van der Waals surface area (Å²) in [7, 11) is 0. The predicted octanol–water partition coefficient (Wildman–Crippen LogP) is 4.18. The number of benzene rings is 1. The number of hydrogen-bond acceptors (Lipinski definition) is 3. The third kappa shape index (κ3) is 2.70. The molecule has 5 heteroatoms. The van der Waals surface area contributed by atoms with E-state index < -0.39 is 0 Å². The molecule has 0 aliphatic heterocycles. The number of nitrogens with two attached hydrogens (primary N) is 1. The molecule has 0 bridgehead atoms. The first-order chi connectivity index (χ1) is 8.08. The molecule has 2 rings (SSSR count). The molecule has 1 aromatic heterocycles. The van der Waals surface area contributed by atoms with E-state index in [4.69, 9.17) is 22.1 Å². The number of para-hydroxylation sites is 1. The van der Waals surface area contributed by atoms with Gasteiger partial charge in [0.25, 0.3) is 0 Å². The number of anilines is 1. The van der Waals surface area contributed by atoms with Gasteiger partial charge in [-0.3, -0.25) is 0 Å². The predicted molar refractivity (Wildman–Crippen MR) is 72.6 cm³/mol. The van der Waals surface area contributed by atoms with Gasteiger partial charge in [-0.25, -0.2) is 4.98 Å². The van der Waals surface area contributed by atoms with E-state index in [0.717, 1.165) is 10.0 Å². The maximum absolute atomic E-state index is 6.01. The van der Waals surface area contributed by atoms with E-state index in [0.29, 0.717) is 22.3 Å². The van der Waals surface area contributed by atoms with E-state index in [9.17, 15) is 0 Å². The SMILES string of the molecule is Cc1cnc(Oc2c(N)cccc2Cl)c(Br)c1. The Balaban J connectivity index is 2.38. The summed E-state index contributed by atoms with van der Waals surface area (Å²) < 4.78 is 6.37. The number of pyridine rings is 1. The minimum absolute atomic E-state index is 0.422. The number of nitrogens with zero attached hydrogens (tertiary/aromatic N) is 1. The van der Waals surface area contributed by atoms with Crippen LogP contribution >= 0.6 is 27.5 Å². The lowest BCUT2D eigenvalue weighted by Crippen LogP contribution is -1.95. The minimum Gasteiger partial charge on any atom is -0.434 e. The van der Waals surface area contributed by atoms with Gasteiger partial charge in [-0.15, -0.1) is 0 Å². The summed E-state index contributed by atoms with van der Waals surface area (Å²) in [5.74, 6) is 0.863. The maximum atomic E-state index is 6.01. The summed E-state index contributed by atoms with van der Waals surface area (Å²) in [5.41, 5.74) is 7.31. The monoisotopic (exact) mass is 312 g/mol. The Labute approximate surface area is 113 Å². The van der Waals surface area contributed by atoms with E-state index in [1.807, 2.05) is 13.0 Å². The zero-order chi connectivity index (χ0) is 12.4. The molecule has 0 aliphatic rings. The van der Waals surface area contributed by atoms with Crippen molar-refractivity contribution in [1.29, 1.82) is 0 Å². The second kappa shape index (κ2) is 4.94. The highest BCUT2D eigenvalue weighted by molar-refractivity contribution is 9.10. The lowest BCUT2D eigenvalue weighted by Gasteiger charge is -2.10. The summed E-state index contributed by atoms with van der Waals surface area (Å²) in [6.07, 6.45) is 1.72. The Hall–Kier alpha value is -1.26. The molecule has 1 aromatic carbocycles. The molecule has 0 radical (unpaired) electrons. The number of rotatable bonds is 2. The Bertz CT molecular complexity index is 540. The highest BCUT2D eigenvalue weighted by atomic mass is 79.9. The fraction of sp³-hybridized carbons (Fsp3) is 0.0833. The zero-order valence-corrected chi connectivity index (χ0v) is 11.4. The van der Waals surface area contributed by atoms with Crippen LogP contribution in [0.2, 0.25) is 5.02 Å². The number of aromatic nitrogens is 1. The average molecular weight is 314 g/mol. The van der Waals surface area contributed by atoms with E-state index in [-0.39, 0.29) is 0 Å². The molecule has 0 aliphatic carbocycles. The second-order valence-electron chi connectivity index (χ2n) is 3.56. The van der Waals surface area contributed by atoms with Crippen LogP contribution in [0.3, 0.4) is 0 Å². The van der Waals surface area contributed by atoms with Crippen LogP contribution in [0.25, 0.3) is 0 Å². The van der Waals surface area contributed by atoms with Gasteiger partial charge in [0.15, 0.2) is 5.75 Å². The second-order valence-corrected chi connectivity index (χ2v) is 4.82. The standard InChI is InChI=1S/C12H10BrClN2O/c1-7-5-8(13)12(16-6-7)17-11-9(14)3-2-4-10(11)15/h2-6H,15H2,1H3. The first-order valence-corrected chi connectivity index (χ1v) is 6.09. The maximum Gasteiger partial charge on any atom is 0.233 e. The van der Waals surface area contributed by atoms with Gasteiger partial charge in [-0.1, -0.05) is 17.7 Å². The summed E-state index contributed by atoms with van der Waals surface area (Å²) in [5, 5.41) is 0.458. The van der Waals surface area contributed by atoms with Crippen LogP contribution in [-0.4, -0.2) is 4.98 Å². The van der Waals surface area contributed by atoms with Crippen LogP contribution in [0, 0.1) is 6.92 Å². The highest BCUT2D eigenvalue weighted by Gasteiger charge is 2.10. The van der Waals surface area contributed by atoms with Crippen LogP contribution in [0.1, 0.15) is 5.56 Å². The molecule has 17 heavy (non-hydrogen) atoms. The van der Waals surface area contributed by atoms with Gasteiger partial charge >= 0.3 is 0 Å². The Morgan fingerprint density at radius 2 is 2.18 bits per heavy atom. The summed E-state index contributed by atoms with van der Waals surface area (Å²) >= 11 is 9.40. The number of nitrogen functional groups attached to an aromatic ring is 1. The molecule has 3 nitrogen and oxygen atoms in total. The van der Waals surface area contributed by atoms with Crippen LogP contribution in [0.4, 0.5) is 5.69 Å². The first-order valence-electron chi connectivity index (χ1n) is 4.92. The Morgan fingerprint density at radius 3 is 2.82 bits per heavy atom. The highest BCUT2D eigenvalue weighted by Crippen LogP contribution is 2.36. The van der Waals surface area contributed by atoms with Crippen molar-refractivity contribution >= 4 is 33.2 Å². The van der Waals surface area contributed by atoms with Crippen molar-refractivity contribution in [1.82, 2.24) is 4.98 Å². The van der Waals surface area contributed by atoms with Crippen molar-refractivity contribution in [3.63, 3.8) is 0 Å². The molecule has 0 amide bonds. The van der Waals surface area contributed by atoms with Gasteiger partial charge in [0.05, 0.1) is 15.2 Å². The third-order valence-corrected chi connectivity index (χ3v) is 3.01. The molecule has 0 atom stereocenters. The van der Waals surface area contributed by atoms with Crippen LogP contribution < -0.4 is 10.5 Å². The van der Waals surface area contributed by atoms with Gasteiger partial charge in [-0.05, 0) is 46.6 Å². The third-order valence-electron chi connectivity index (χ3n) is 2.14. The van der Waals surface area contributed by atoms with E-state index in [1.54, 1.807) is 24.4 Å². The van der Waals surface area contributed by atoms with Crippen molar-refractivity contribution in [3.05, 3.63) is 45.5 Å². The van der Waals surface area contributed by atoms with Crippen molar-refractivity contribution in [2.24, 2.45) is 0 Å². The summed E-state index contributed by atoms with van der Waals surface area (Å²) in [6.45, 7) is 1.95. The zero-order valence-electron chi connectivity index (χ0n) is 9.08. The van der Waals surface area contributed by atoms with Crippen LogP contribution in [0.5, 0.6) is 11.6 Å². The molecule has 0 fully saturated rings. The van der Waals surface area contributed by atoms with Crippen molar-refractivity contribution in [2.45, 2.75) is 6.92 Å². The molecule has 0 saturated carbocycles. The molecule has 0 saturated heterocycles. The lowest BCUT2D eigenvalue weighted by molar-refractivity contribution is 0.462. The van der Waals surface area contributed by atoms with E-state index >= 15 is 0 Å². The minimum atomic E-state index is 0.422. The van der Waals surface area contributed by atoms with Gasteiger partial charge in [0, 0.05) is 6.20 Å². The largest absolute Gasteiger partial charge is 0.434 e. The number of ether oxygens (including phenoxy) is 1. The molecular weight excluding hydrogens is 304 g/mol. The van der Waals surface area contributed by atoms with Crippen LogP contribution in [0.15, 0.2) is 34.9 Å². The first kappa shape index (κ1) is 12.2. The quantitative estimate of drug-likeness (QED) is 0.846. The van der Waals surface area contributed by atoms with Gasteiger partial charge < -0.3 is 10.5 Å². The fourth-order valence-corrected chi connectivity index (χ4v) is 2.09. The summed E-state index contributed by atoms with van der Waals surface area (Å²) in [4.78, 5) is 4.17. The molecule has 1 heterocycles. The lowest BCUT2D eigenvalue weighted by atomic mass is 10.3. The summed E-state index contributed by atoms with van der Waals surface area (Å²) in [6, 6.07) is 7.12. The molecule has 2 N–H and O–H groups in total. The van der Waals surface area contributed by atoms with Gasteiger partial charge in [0.1, 0.15) is 0 Å². The van der Waals surface area contributed by atoms with E-state index in [1.165, 1.54) is 0 Å². The van der Waals surface area contributed by atoms with Crippen molar-refractivity contribution in [2.75, 3.05) is 5.73 Å².